The Labute approximate surface area is 163 Å². The molecule has 1 aliphatic carbocycles. The monoisotopic (exact) mass is 371 g/mol. The first kappa shape index (κ1) is 19.9. The number of ether oxygens (including phenoxy) is 2. The third-order valence-corrected chi connectivity index (χ3v) is 5.45. The van der Waals surface area contributed by atoms with E-state index in [9.17, 15) is 0 Å². The number of nitrogens with zero attached hydrogens (tertiary/aromatic N) is 2. The average Bonchev–Trinajstić information content (AvgIpc) is 3.15. The van der Waals surface area contributed by atoms with Gasteiger partial charge in [-0.25, -0.2) is 0 Å². The molecule has 1 N–H and O–H groups in total. The molecule has 2 aromatic rings. The molecule has 5 heteroatoms. The van der Waals surface area contributed by atoms with Crippen molar-refractivity contribution in [2.24, 2.45) is 0 Å². The van der Waals surface area contributed by atoms with E-state index < -0.39 is 0 Å². The number of hydrogen-bond acceptors (Lipinski definition) is 4. The summed E-state index contributed by atoms with van der Waals surface area (Å²) in [5.74, 6) is 0.945. The second-order valence-electron chi connectivity index (χ2n) is 7.64. The first-order chi connectivity index (χ1) is 13.2. The van der Waals surface area contributed by atoms with Gasteiger partial charge in [0.05, 0.1) is 24.1 Å². The van der Waals surface area contributed by atoms with E-state index in [4.69, 9.17) is 9.47 Å². The summed E-state index contributed by atoms with van der Waals surface area (Å²) in [6.07, 6.45) is 9.39. The highest BCUT2D eigenvalue weighted by atomic mass is 16.5. The molecule has 1 heterocycles. The van der Waals surface area contributed by atoms with Gasteiger partial charge < -0.3 is 14.4 Å². The normalized spacial score (nSPS) is 20.1. The van der Waals surface area contributed by atoms with Crippen molar-refractivity contribution in [1.29, 1.82) is 0 Å². The molecule has 1 aromatic heterocycles. The number of rotatable bonds is 9. The topological polar surface area (TPSA) is 50.4 Å². The van der Waals surface area contributed by atoms with E-state index >= 15 is 0 Å². The van der Waals surface area contributed by atoms with E-state index in [2.05, 4.69) is 53.3 Å². The summed E-state index contributed by atoms with van der Waals surface area (Å²) in [4.78, 5) is 2.35. The summed E-state index contributed by atoms with van der Waals surface area (Å²) >= 11 is 0. The van der Waals surface area contributed by atoms with Crippen LogP contribution >= 0.6 is 0 Å². The predicted octanol–water partition coefficient (Wildman–Crippen LogP) is 4.65. The summed E-state index contributed by atoms with van der Waals surface area (Å²) < 4.78 is 11.6. The Bertz CT molecular complexity index is 675. The maximum Gasteiger partial charge on any atom is 0.119 e. The first-order valence-electron chi connectivity index (χ1n) is 10.2. The van der Waals surface area contributed by atoms with Gasteiger partial charge >= 0.3 is 0 Å². The van der Waals surface area contributed by atoms with Crippen LogP contribution in [0, 0.1) is 0 Å². The molecule has 0 amide bonds. The largest absolute Gasteiger partial charge is 0.490 e. The highest BCUT2D eigenvalue weighted by molar-refractivity contribution is 5.63. The lowest BCUT2D eigenvalue weighted by atomic mass is 9.95. The van der Waals surface area contributed by atoms with Crippen molar-refractivity contribution in [1.82, 2.24) is 15.1 Å². The zero-order chi connectivity index (χ0) is 19.1. The molecule has 0 aliphatic heterocycles. The van der Waals surface area contributed by atoms with E-state index in [0.717, 1.165) is 55.8 Å². The van der Waals surface area contributed by atoms with Crippen molar-refractivity contribution in [3.05, 3.63) is 36.0 Å². The molecular formula is C22H33N3O2. The van der Waals surface area contributed by atoms with E-state index in [0.29, 0.717) is 12.2 Å². The molecule has 0 atom stereocenters. The standard InChI is InChI=1S/C22H33N3O2/c1-4-5-14-25(2)16-18-15-23-24-22(18)17-6-8-20(9-7-17)27-21-12-10-19(26-3)11-13-21/h6-9,15,19,21H,4-5,10-14,16H2,1-3H3,(H,23,24). The minimum Gasteiger partial charge on any atom is -0.490 e. The summed E-state index contributed by atoms with van der Waals surface area (Å²) in [6, 6.07) is 8.39. The van der Waals surface area contributed by atoms with E-state index in [-0.39, 0.29) is 0 Å². The van der Waals surface area contributed by atoms with Crippen LogP contribution in [0.2, 0.25) is 0 Å². The molecule has 27 heavy (non-hydrogen) atoms. The van der Waals surface area contributed by atoms with Crippen LogP contribution in [0.4, 0.5) is 0 Å². The first-order valence-corrected chi connectivity index (χ1v) is 10.2. The Morgan fingerprint density at radius 3 is 2.48 bits per heavy atom. The predicted molar refractivity (Wildman–Crippen MR) is 109 cm³/mol. The van der Waals surface area contributed by atoms with Gasteiger partial charge in [-0.3, -0.25) is 5.10 Å². The Hall–Kier alpha value is -1.85. The van der Waals surface area contributed by atoms with E-state index in [1.54, 1.807) is 7.11 Å². The number of H-pyrrole nitrogens is 1. The van der Waals surface area contributed by atoms with Crippen LogP contribution in [-0.2, 0) is 11.3 Å². The van der Waals surface area contributed by atoms with Crippen molar-refractivity contribution < 1.29 is 9.47 Å². The van der Waals surface area contributed by atoms with Crippen molar-refractivity contribution in [2.75, 3.05) is 20.7 Å². The van der Waals surface area contributed by atoms with Crippen LogP contribution < -0.4 is 4.74 Å². The Balaban J connectivity index is 1.58. The summed E-state index contributed by atoms with van der Waals surface area (Å²) in [6.45, 7) is 4.25. The number of aromatic nitrogens is 2. The van der Waals surface area contributed by atoms with Gasteiger partial charge in [-0.15, -0.1) is 0 Å². The quantitative estimate of drug-likeness (QED) is 0.697. The fraction of sp³-hybridized carbons (Fsp3) is 0.591. The van der Waals surface area contributed by atoms with Crippen molar-refractivity contribution >= 4 is 0 Å². The third-order valence-electron chi connectivity index (χ3n) is 5.45. The van der Waals surface area contributed by atoms with E-state index in [1.807, 2.05) is 6.20 Å². The Morgan fingerprint density at radius 1 is 1.11 bits per heavy atom. The molecule has 148 valence electrons. The molecule has 1 saturated carbocycles. The maximum absolute atomic E-state index is 6.17. The summed E-state index contributed by atoms with van der Waals surface area (Å²) in [7, 11) is 3.97. The molecule has 5 nitrogen and oxygen atoms in total. The highest BCUT2D eigenvalue weighted by Gasteiger charge is 2.22. The van der Waals surface area contributed by atoms with Gasteiger partial charge in [-0.1, -0.05) is 13.3 Å². The highest BCUT2D eigenvalue weighted by Crippen LogP contribution is 2.28. The molecule has 0 radical (unpaired) electrons. The van der Waals surface area contributed by atoms with Gasteiger partial charge in [0.15, 0.2) is 0 Å². The molecule has 1 fully saturated rings. The Morgan fingerprint density at radius 2 is 1.81 bits per heavy atom. The van der Waals surface area contributed by atoms with Crippen molar-refractivity contribution in [3.63, 3.8) is 0 Å². The summed E-state index contributed by atoms with van der Waals surface area (Å²) in [5, 5.41) is 7.43. The van der Waals surface area contributed by atoms with Crippen molar-refractivity contribution in [2.45, 2.75) is 64.2 Å². The van der Waals surface area contributed by atoms with Crippen LogP contribution in [0.15, 0.2) is 30.5 Å². The minimum atomic E-state index is 0.303. The lowest BCUT2D eigenvalue weighted by Gasteiger charge is -2.28. The molecule has 0 bridgehead atoms. The van der Waals surface area contributed by atoms with Crippen LogP contribution in [0.3, 0.4) is 0 Å². The molecule has 3 rings (SSSR count). The molecule has 0 spiro atoms. The fourth-order valence-electron chi connectivity index (χ4n) is 3.76. The number of unbranched alkanes of at least 4 members (excludes halogenated alkanes) is 1. The van der Waals surface area contributed by atoms with E-state index in [1.165, 1.54) is 18.4 Å². The number of methoxy groups -OCH3 is 1. The summed E-state index contributed by atoms with van der Waals surface area (Å²) in [5.41, 5.74) is 3.49. The Kier molecular flexibility index (Phi) is 7.30. The average molecular weight is 372 g/mol. The van der Waals surface area contributed by atoms with Crippen LogP contribution in [0.1, 0.15) is 51.0 Å². The zero-order valence-electron chi connectivity index (χ0n) is 16.9. The van der Waals surface area contributed by atoms with Gasteiger partial charge in [0.1, 0.15) is 5.75 Å². The maximum atomic E-state index is 6.17. The second-order valence-corrected chi connectivity index (χ2v) is 7.64. The van der Waals surface area contributed by atoms with Gasteiger partial charge in [0.25, 0.3) is 0 Å². The zero-order valence-corrected chi connectivity index (χ0v) is 16.9. The third kappa shape index (κ3) is 5.56. The fourth-order valence-corrected chi connectivity index (χ4v) is 3.76. The number of hydrogen-bond donors (Lipinski definition) is 1. The second kappa shape index (κ2) is 9.90. The molecular weight excluding hydrogens is 338 g/mol. The van der Waals surface area contributed by atoms with Crippen LogP contribution in [-0.4, -0.2) is 48.0 Å². The molecule has 1 aromatic carbocycles. The molecule has 1 aliphatic rings. The van der Waals surface area contributed by atoms with Gasteiger partial charge in [-0.2, -0.15) is 5.10 Å². The lowest BCUT2D eigenvalue weighted by molar-refractivity contribution is 0.0327. The van der Waals surface area contributed by atoms with Gasteiger partial charge in [-0.05, 0) is 70.0 Å². The van der Waals surface area contributed by atoms with Gasteiger partial charge in [0.2, 0.25) is 0 Å². The van der Waals surface area contributed by atoms with Crippen LogP contribution in [0.25, 0.3) is 11.3 Å². The number of benzene rings is 1. The minimum absolute atomic E-state index is 0.303. The SMILES string of the molecule is CCCCN(C)Cc1cn[nH]c1-c1ccc(OC2CCC(OC)CC2)cc1. The molecule has 0 unspecified atom stereocenters. The number of nitrogens with one attached hydrogen (secondary N) is 1. The lowest BCUT2D eigenvalue weighted by Crippen LogP contribution is -2.27. The van der Waals surface area contributed by atoms with Crippen molar-refractivity contribution in [3.8, 4) is 17.0 Å². The number of aromatic amines is 1. The molecule has 0 saturated heterocycles. The smallest absolute Gasteiger partial charge is 0.119 e. The van der Waals surface area contributed by atoms with Crippen LogP contribution in [0.5, 0.6) is 5.75 Å². The van der Waals surface area contributed by atoms with Gasteiger partial charge in [0, 0.05) is 24.8 Å².